The van der Waals surface area contributed by atoms with Crippen LogP contribution in [0, 0.1) is 0 Å². The number of hydrogen-bond donors (Lipinski definition) is 1. The molecule has 4 heteroatoms. The van der Waals surface area contributed by atoms with Crippen LogP contribution in [-0.2, 0) is 6.61 Å². The highest BCUT2D eigenvalue weighted by atomic mass is 35.5. The maximum absolute atomic E-state index is 9.41. The first-order valence-corrected chi connectivity index (χ1v) is 11.1. The Bertz CT molecular complexity index is 1330. The summed E-state index contributed by atoms with van der Waals surface area (Å²) in [5, 5.41) is 10.1. The molecule has 0 aliphatic heterocycles. The van der Waals surface area contributed by atoms with Crippen molar-refractivity contribution in [1.82, 2.24) is 0 Å². The van der Waals surface area contributed by atoms with Gasteiger partial charge in [0.1, 0.15) is 5.76 Å². The average molecular weight is 452 g/mol. The van der Waals surface area contributed by atoms with Crippen LogP contribution in [0.5, 0.6) is 0 Å². The highest BCUT2D eigenvalue weighted by molar-refractivity contribution is 6.33. The van der Waals surface area contributed by atoms with E-state index in [1.807, 2.05) is 72.8 Å². The minimum absolute atomic E-state index is 0.0187. The summed E-state index contributed by atoms with van der Waals surface area (Å²) < 4.78 is 5.48. The maximum atomic E-state index is 9.41. The quantitative estimate of drug-likeness (QED) is 0.282. The monoisotopic (exact) mass is 451 g/mol. The highest BCUT2D eigenvalue weighted by Gasteiger charge is 2.15. The first-order chi connectivity index (χ1) is 16.2. The third-order valence-electron chi connectivity index (χ3n) is 5.60. The molecular formula is C29H22ClNO2. The van der Waals surface area contributed by atoms with Gasteiger partial charge in [-0.1, -0.05) is 72.3 Å². The van der Waals surface area contributed by atoms with Crippen molar-refractivity contribution in [3.8, 4) is 22.5 Å². The van der Waals surface area contributed by atoms with E-state index in [9.17, 15) is 5.11 Å². The summed E-state index contributed by atoms with van der Waals surface area (Å²) in [5.74, 6) is 0.841. The molecule has 0 spiro atoms. The minimum atomic E-state index is 0.0187. The zero-order valence-corrected chi connectivity index (χ0v) is 18.6. The average Bonchev–Trinajstić information content (AvgIpc) is 3.41. The fraction of sp³-hybridized carbons (Fsp3) is 0.0345. The van der Waals surface area contributed by atoms with Gasteiger partial charge in [0.15, 0.2) is 0 Å². The summed E-state index contributed by atoms with van der Waals surface area (Å²) >= 11 is 6.79. The lowest BCUT2D eigenvalue weighted by molar-refractivity contribution is 0.282. The first kappa shape index (κ1) is 21.1. The minimum Gasteiger partial charge on any atom is -0.464 e. The van der Waals surface area contributed by atoms with Gasteiger partial charge in [-0.05, 0) is 59.7 Å². The Morgan fingerprint density at radius 1 is 0.667 bits per heavy atom. The molecule has 1 N–H and O–H groups in total. The molecular weight excluding hydrogens is 430 g/mol. The van der Waals surface area contributed by atoms with Crippen LogP contribution in [0.15, 0.2) is 120 Å². The molecule has 0 fully saturated rings. The first-order valence-electron chi connectivity index (χ1n) is 10.7. The van der Waals surface area contributed by atoms with E-state index in [2.05, 4.69) is 41.3 Å². The molecule has 3 nitrogen and oxygen atoms in total. The maximum Gasteiger partial charge on any atom is 0.133 e. The van der Waals surface area contributed by atoms with Crippen molar-refractivity contribution in [2.45, 2.75) is 6.61 Å². The van der Waals surface area contributed by atoms with Crippen molar-refractivity contribution < 1.29 is 9.52 Å². The Hall–Kier alpha value is -3.79. The van der Waals surface area contributed by atoms with Gasteiger partial charge < -0.3 is 14.4 Å². The normalized spacial score (nSPS) is 10.8. The Morgan fingerprint density at radius 2 is 1.33 bits per heavy atom. The molecule has 0 aliphatic carbocycles. The molecule has 0 bridgehead atoms. The zero-order valence-electron chi connectivity index (χ0n) is 17.9. The largest absolute Gasteiger partial charge is 0.464 e. The third-order valence-corrected chi connectivity index (χ3v) is 5.92. The van der Waals surface area contributed by atoms with E-state index in [1.54, 1.807) is 6.26 Å². The van der Waals surface area contributed by atoms with Crippen molar-refractivity contribution >= 4 is 28.7 Å². The van der Waals surface area contributed by atoms with Crippen molar-refractivity contribution in [2.75, 3.05) is 4.90 Å². The summed E-state index contributed by atoms with van der Waals surface area (Å²) in [7, 11) is 0. The molecule has 0 atom stereocenters. The number of furan rings is 1. The van der Waals surface area contributed by atoms with Gasteiger partial charge >= 0.3 is 0 Å². The lowest BCUT2D eigenvalue weighted by Crippen LogP contribution is -2.10. The van der Waals surface area contributed by atoms with Crippen molar-refractivity contribution in [2.24, 2.45) is 0 Å². The van der Waals surface area contributed by atoms with E-state index in [0.717, 1.165) is 45.1 Å². The lowest BCUT2D eigenvalue weighted by atomic mass is 10.0. The molecule has 5 aromatic rings. The third kappa shape index (κ3) is 4.42. The molecule has 0 amide bonds. The second-order valence-electron chi connectivity index (χ2n) is 7.71. The number of benzene rings is 4. The van der Waals surface area contributed by atoms with Crippen molar-refractivity contribution in [3.05, 3.63) is 126 Å². The van der Waals surface area contributed by atoms with Crippen LogP contribution in [0.3, 0.4) is 0 Å². The summed E-state index contributed by atoms with van der Waals surface area (Å²) in [6.45, 7) is 0.0187. The molecule has 0 radical (unpaired) electrons. The molecule has 162 valence electrons. The summed E-state index contributed by atoms with van der Waals surface area (Å²) in [6.07, 6.45) is 1.68. The smallest absolute Gasteiger partial charge is 0.133 e. The van der Waals surface area contributed by atoms with Crippen LogP contribution in [-0.4, -0.2) is 5.11 Å². The molecule has 33 heavy (non-hydrogen) atoms. The summed E-state index contributed by atoms with van der Waals surface area (Å²) in [5.41, 5.74) is 6.89. The van der Waals surface area contributed by atoms with E-state index >= 15 is 0 Å². The number of halogens is 1. The Morgan fingerprint density at radius 3 is 1.97 bits per heavy atom. The molecule has 0 aliphatic rings. The summed E-state index contributed by atoms with van der Waals surface area (Å²) in [6, 6.07) is 36.2. The van der Waals surface area contributed by atoms with Gasteiger partial charge in [-0.3, -0.25) is 0 Å². The van der Waals surface area contributed by atoms with Gasteiger partial charge in [0.2, 0.25) is 0 Å². The molecule has 0 unspecified atom stereocenters. The van der Waals surface area contributed by atoms with Crippen LogP contribution < -0.4 is 4.90 Å². The number of anilines is 3. The Labute approximate surface area is 198 Å². The predicted octanol–water partition coefficient (Wildman–Crippen LogP) is 8.23. The van der Waals surface area contributed by atoms with Crippen molar-refractivity contribution in [1.29, 1.82) is 0 Å². The van der Waals surface area contributed by atoms with E-state index in [-0.39, 0.29) is 6.61 Å². The Balaban J connectivity index is 1.51. The van der Waals surface area contributed by atoms with Gasteiger partial charge in [0, 0.05) is 28.2 Å². The van der Waals surface area contributed by atoms with Crippen molar-refractivity contribution in [3.63, 3.8) is 0 Å². The standard InChI is InChI=1S/C29H22ClNO2/c30-28-19-26(16-17-27(28)22-10-12-23(13-11-22)29-7-4-18-33-29)31(24-5-2-1-3-6-24)25-14-8-21(20-32)9-15-25/h1-19,32H,20H2. The number of hydrogen-bond acceptors (Lipinski definition) is 3. The lowest BCUT2D eigenvalue weighted by Gasteiger charge is -2.26. The topological polar surface area (TPSA) is 36.6 Å². The second kappa shape index (κ2) is 9.37. The van der Waals surface area contributed by atoms with E-state index in [0.29, 0.717) is 5.02 Å². The predicted molar refractivity (Wildman–Crippen MR) is 135 cm³/mol. The van der Waals surface area contributed by atoms with Crippen LogP contribution in [0.1, 0.15) is 5.56 Å². The SMILES string of the molecule is OCc1ccc(N(c2ccccc2)c2ccc(-c3ccc(-c4ccco4)cc3)c(Cl)c2)cc1. The Kier molecular flexibility index (Phi) is 5.99. The van der Waals surface area contributed by atoms with E-state index in [4.69, 9.17) is 16.0 Å². The van der Waals surface area contributed by atoms with Crippen LogP contribution in [0.25, 0.3) is 22.5 Å². The van der Waals surface area contributed by atoms with Crippen LogP contribution in [0.2, 0.25) is 5.02 Å². The number of nitrogens with zero attached hydrogens (tertiary/aromatic N) is 1. The zero-order chi connectivity index (χ0) is 22.6. The van der Waals surface area contributed by atoms with E-state index in [1.165, 1.54) is 0 Å². The van der Waals surface area contributed by atoms with E-state index < -0.39 is 0 Å². The fourth-order valence-corrected chi connectivity index (χ4v) is 4.19. The number of rotatable bonds is 6. The number of aliphatic hydroxyl groups is 1. The summed E-state index contributed by atoms with van der Waals surface area (Å²) in [4.78, 5) is 2.15. The number of aliphatic hydroxyl groups excluding tert-OH is 1. The molecule has 5 rings (SSSR count). The van der Waals surface area contributed by atoms with Crippen LogP contribution >= 0.6 is 11.6 Å². The molecule has 4 aromatic carbocycles. The molecule has 1 heterocycles. The second-order valence-corrected chi connectivity index (χ2v) is 8.12. The number of para-hydroxylation sites is 1. The fourth-order valence-electron chi connectivity index (χ4n) is 3.91. The van der Waals surface area contributed by atoms with Crippen LogP contribution in [0.4, 0.5) is 17.1 Å². The molecule has 0 saturated heterocycles. The highest BCUT2D eigenvalue weighted by Crippen LogP contribution is 2.39. The van der Waals surface area contributed by atoms with Gasteiger partial charge in [-0.15, -0.1) is 0 Å². The van der Waals surface area contributed by atoms with Gasteiger partial charge in [0.05, 0.1) is 17.9 Å². The van der Waals surface area contributed by atoms with Gasteiger partial charge in [-0.2, -0.15) is 0 Å². The van der Waals surface area contributed by atoms with Gasteiger partial charge in [0.25, 0.3) is 0 Å². The molecule has 0 saturated carbocycles. The molecule has 1 aromatic heterocycles. The van der Waals surface area contributed by atoms with Gasteiger partial charge in [-0.25, -0.2) is 0 Å².